The maximum Gasteiger partial charge on any atom is 0.306 e. The molecule has 2 aliphatic rings. The molecular weight excluding hydrogens is 244 g/mol. The van der Waals surface area contributed by atoms with Gasteiger partial charge in [-0.05, 0) is 12.8 Å². The number of amides is 1. The number of likely N-dealkylation sites (tertiary alicyclic amines) is 1. The Balaban J connectivity index is 1.78. The van der Waals surface area contributed by atoms with Crippen molar-refractivity contribution in [3.05, 3.63) is 0 Å². The topological polar surface area (TPSA) is 83.6 Å². The molecule has 1 saturated heterocycles. The zero-order chi connectivity index (χ0) is 14.0. The molecule has 0 aromatic carbocycles. The number of carboxylic acid groups (broad SMARTS) is 1. The summed E-state index contributed by atoms with van der Waals surface area (Å²) in [4.78, 5) is 24.7. The van der Waals surface area contributed by atoms with Gasteiger partial charge in [-0.25, -0.2) is 0 Å². The maximum absolute atomic E-state index is 12.1. The molecule has 1 amide bonds. The van der Waals surface area contributed by atoms with Crippen molar-refractivity contribution in [2.75, 3.05) is 13.1 Å². The monoisotopic (exact) mass is 268 g/mol. The number of hydrogen-bond acceptors (Lipinski definition) is 3. The second kappa shape index (κ2) is 5.49. The van der Waals surface area contributed by atoms with Crippen LogP contribution in [0.15, 0.2) is 0 Å². The van der Waals surface area contributed by atoms with Gasteiger partial charge in [0.2, 0.25) is 5.91 Å². The highest BCUT2D eigenvalue weighted by atomic mass is 16.4. The molecule has 5 nitrogen and oxygen atoms in total. The summed E-state index contributed by atoms with van der Waals surface area (Å²) in [5, 5.41) is 8.92. The lowest BCUT2D eigenvalue weighted by Crippen LogP contribution is -2.56. The number of hydrogen-bond donors (Lipinski definition) is 2. The van der Waals surface area contributed by atoms with Crippen molar-refractivity contribution >= 4 is 11.9 Å². The molecule has 1 saturated carbocycles. The first-order valence-electron chi connectivity index (χ1n) is 7.21. The number of aliphatic carboxylic acids is 1. The fourth-order valence-corrected chi connectivity index (χ4v) is 3.08. The van der Waals surface area contributed by atoms with Crippen molar-refractivity contribution in [1.82, 2.24) is 4.90 Å². The van der Waals surface area contributed by atoms with E-state index in [0.29, 0.717) is 19.5 Å². The fraction of sp³-hybridized carbons (Fsp3) is 0.857. The first kappa shape index (κ1) is 14.3. The van der Waals surface area contributed by atoms with E-state index in [1.54, 1.807) is 11.8 Å². The minimum absolute atomic E-state index is 0.0956. The molecule has 0 aromatic rings. The molecule has 1 unspecified atom stereocenters. The third-order valence-corrected chi connectivity index (χ3v) is 4.71. The summed E-state index contributed by atoms with van der Waals surface area (Å²) >= 11 is 0. The average molecular weight is 268 g/mol. The normalized spacial score (nSPS) is 24.6. The van der Waals surface area contributed by atoms with Crippen molar-refractivity contribution in [2.24, 2.45) is 17.6 Å². The van der Waals surface area contributed by atoms with Gasteiger partial charge in [-0.1, -0.05) is 26.2 Å². The highest BCUT2D eigenvalue weighted by Gasteiger charge is 2.39. The van der Waals surface area contributed by atoms with Gasteiger partial charge in [0.25, 0.3) is 0 Å². The summed E-state index contributed by atoms with van der Waals surface area (Å²) < 4.78 is 0. The number of carbonyl (C=O) groups excluding carboxylic acids is 1. The van der Waals surface area contributed by atoms with Crippen LogP contribution in [0.4, 0.5) is 0 Å². The SMILES string of the molecule is CC(C(=O)O)C1CN(C(=O)CC2(N)CCCCC2)C1. The lowest BCUT2D eigenvalue weighted by atomic mass is 9.79. The van der Waals surface area contributed by atoms with Crippen LogP contribution in [0.25, 0.3) is 0 Å². The molecule has 1 heterocycles. The Kier molecular flexibility index (Phi) is 4.13. The van der Waals surface area contributed by atoms with Crippen LogP contribution in [0.3, 0.4) is 0 Å². The molecule has 2 fully saturated rings. The summed E-state index contributed by atoms with van der Waals surface area (Å²) in [5.41, 5.74) is 5.96. The second-order valence-electron chi connectivity index (χ2n) is 6.29. The molecule has 19 heavy (non-hydrogen) atoms. The highest BCUT2D eigenvalue weighted by molar-refractivity contribution is 5.79. The van der Waals surface area contributed by atoms with Crippen molar-refractivity contribution in [1.29, 1.82) is 0 Å². The van der Waals surface area contributed by atoms with E-state index in [9.17, 15) is 9.59 Å². The zero-order valence-corrected chi connectivity index (χ0v) is 11.6. The van der Waals surface area contributed by atoms with E-state index >= 15 is 0 Å². The van der Waals surface area contributed by atoms with Crippen molar-refractivity contribution in [3.8, 4) is 0 Å². The Morgan fingerprint density at radius 1 is 1.32 bits per heavy atom. The molecule has 0 bridgehead atoms. The quantitative estimate of drug-likeness (QED) is 0.803. The van der Waals surface area contributed by atoms with E-state index in [2.05, 4.69) is 0 Å². The summed E-state index contributed by atoms with van der Waals surface area (Å²) in [6.07, 6.45) is 5.73. The minimum atomic E-state index is -0.778. The molecule has 0 spiro atoms. The summed E-state index contributed by atoms with van der Waals surface area (Å²) in [6.45, 7) is 2.85. The van der Waals surface area contributed by atoms with Gasteiger partial charge >= 0.3 is 5.97 Å². The number of carboxylic acids is 1. The van der Waals surface area contributed by atoms with Gasteiger partial charge in [0.05, 0.1) is 5.92 Å². The van der Waals surface area contributed by atoms with Crippen LogP contribution in [0.2, 0.25) is 0 Å². The van der Waals surface area contributed by atoms with Crippen LogP contribution < -0.4 is 5.73 Å². The predicted octanol–water partition coefficient (Wildman–Crippen LogP) is 1.22. The van der Waals surface area contributed by atoms with Crippen LogP contribution >= 0.6 is 0 Å². The molecule has 2 rings (SSSR count). The Morgan fingerprint density at radius 2 is 1.89 bits per heavy atom. The first-order chi connectivity index (χ1) is 8.91. The molecule has 1 atom stereocenters. The van der Waals surface area contributed by atoms with Crippen LogP contribution in [-0.2, 0) is 9.59 Å². The number of nitrogens with two attached hydrogens (primary N) is 1. The second-order valence-corrected chi connectivity index (χ2v) is 6.29. The van der Waals surface area contributed by atoms with E-state index < -0.39 is 5.97 Å². The van der Waals surface area contributed by atoms with Crippen LogP contribution in [0.5, 0.6) is 0 Å². The fourth-order valence-electron chi connectivity index (χ4n) is 3.08. The van der Waals surface area contributed by atoms with E-state index in [-0.39, 0.29) is 23.3 Å². The van der Waals surface area contributed by atoms with Gasteiger partial charge in [0.1, 0.15) is 0 Å². The van der Waals surface area contributed by atoms with Crippen LogP contribution in [0, 0.1) is 11.8 Å². The molecule has 0 radical (unpaired) electrons. The van der Waals surface area contributed by atoms with E-state index in [1.807, 2.05) is 0 Å². The molecular formula is C14H24N2O3. The Bertz CT molecular complexity index is 358. The first-order valence-corrected chi connectivity index (χ1v) is 7.21. The van der Waals surface area contributed by atoms with Crippen LogP contribution in [0.1, 0.15) is 45.4 Å². The summed E-state index contributed by atoms with van der Waals surface area (Å²) in [7, 11) is 0. The lowest BCUT2D eigenvalue weighted by molar-refractivity contribution is -0.151. The maximum atomic E-state index is 12.1. The van der Waals surface area contributed by atoms with E-state index in [4.69, 9.17) is 10.8 Å². The van der Waals surface area contributed by atoms with Gasteiger partial charge in [0.15, 0.2) is 0 Å². The van der Waals surface area contributed by atoms with Gasteiger partial charge in [-0.15, -0.1) is 0 Å². The van der Waals surface area contributed by atoms with Crippen molar-refractivity contribution < 1.29 is 14.7 Å². The molecule has 1 aliphatic carbocycles. The van der Waals surface area contributed by atoms with Gasteiger partial charge in [-0.2, -0.15) is 0 Å². The predicted molar refractivity (Wildman–Crippen MR) is 71.5 cm³/mol. The van der Waals surface area contributed by atoms with Gasteiger partial charge in [0, 0.05) is 31.0 Å². The van der Waals surface area contributed by atoms with Gasteiger partial charge < -0.3 is 15.7 Å². The molecule has 1 aliphatic heterocycles. The average Bonchev–Trinajstić information content (AvgIpc) is 2.26. The van der Waals surface area contributed by atoms with Crippen molar-refractivity contribution in [2.45, 2.75) is 51.0 Å². The lowest BCUT2D eigenvalue weighted by Gasteiger charge is -2.43. The highest BCUT2D eigenvalue weighted by Crippen LogP contribution is 2.31. The Labute approximate surface area is 114 Å². The standard InChI is InChI=1S/C14H24N2O3/c1-10(13(18)19)11-8-16(9-11)12(17)7-14(15)5-3-2-4-6-14/h10-11H,2-9,15H2,1H3,(H,18,19). The summed E-state index contributed by atoms with van der Waals surface area (Å²) in [5.74, 6) is -0.954. The van der Waals surface area contributed by atoms with Gasteiger partial charge in [-0.3, -0.25) is 9.59 Å². The minimum Gasteiger partial charge on any atom is -0.481 e. The molecule has 5 heteroatoms. The van der Waals surface area contributed by atoms with Crippen LogP contribution in [-0.4, -0.2) is 40.5 Å². The number of rotatable bonds is 4. The molecule has 108 valence electrons. The third-order valence-electron chi connectivity index (χ3n) is 4.71. The Hall–Kier alpha value is -1.10. The number of nitrogens with zero attached hydrogens (tertiary/aromatic N) is 1. The largest absolute Gasteiger partial charge is 0.481 e. The zero-order valence-electron chi connectivity index (χ0n) is 11.6. The Morgan fingerprint density at radius 3 is 2.42 bits per heavy atom. The molecule has 0 aromatic heterocycles. The van der Waals surface area contributed by atoms with E-state index in [1.165, 1.54) is 6.42 Å². The molecule has 3 N–H and O–H groups in total. The number of carbonyl (C=O) groups is 2. The third kappa shape index (κ3) is 3.26. The summed E-state index contributed by atoms with van der Waals surface area (Å²) in [6, 6.07) is 0. The van der Waals surface area contributed by atoms with Crippen molar-refractivity contribution in [3.63, 3.8) is 0 Å². The smallest absolute Gasteiger partial charge is 0.306 e. The van der Waals surface area contributed by atoms with E-state index in [0.717, 1.165) is 25.7 Å².